The Bertz CT molecular complexity index is 1070. The molecule has 2 aliphatic rings. The van der Waals surface area contributed by atoms with E-state index in [4.69, 9.17) is 9.47 Å². The Morgan fingerprint density at radius 3 is 2.81 bits per heavy atom. The lowest BCUT2D eigenvalue weighted by atomic mass is 9.93. The van der Waals surface area contributed by atoms with Crippen molar-refractivity contribution in [1.82, 2.24) is 15.0 Å². The molecule has 8 nitrogen and oxygen atoms in total. The molecule has 2 N–H and O–H groups in total. The highest BCUT2D eigenvalue weighted by molar-refractivity contribution is 5.59. The van der Waals surface area contributed by atoms with Gasteiger partial charge < -0.3 is 24.6 Å². The van der Waals surface area contributed by atoms with Gasteiger partial charge in [-0.1, -0.05) is 36.4 Å². The topological polar surface area (TPSA) is 101 Å². The van der Waals surface area contributed by atoms with Crippen molar-refractivity contribution in [2.24, 2.45) is 0 Å². The molecule has 0 radical (unpaired) electrons. The number of aliphatic hydroxyl groups is 1. The van der Waals surface area contributed by atoms with Crippen LogP contribution in [0.4, 0.5) is 5.95 Å². The number of hydrogen-bond donors (Lipinski definition) is 2. The van der Waals surface area contributed by atoms with E-state index in [-0.39, 0.29) is 30.7 Å². The fourth-order valence-corrected chi connectivity index (χ4v) is 4.15. The lowest BCUT2D eigenvalue weighted by Crippen LogP contribution is -2.38. The predicted octanol–water partition coefficient (Wildman–Crippen LogP) is 2.86. The fourth-order valence-electron chi connectivity index (χ4n) is 4.15. The third-order valence-electron chi connectivity index (χ3n) is 5.67. The van der Waals surface area contributed by atoms with Crippen LogP contribution in [0.2, 0.25) is 0 Å². The van der Waals surface area contributed by atoms with Gasteiger partial charge in [0.2, 0.25) is 12.2 Å². The number of phenols is 1. The van der Waals surface area contributed by atoms with Crippen molar-refractivity contribution in [3.63, 3.8) is 0 Å². The van der Waals surface area contributed by atoms with Crippen LogP contribution in [-0.4, -0.2) is 51.2 Å². The number of aromatic hydroxyl groups is 1. The highest BCUT2D eigenvalue weighted by Crippen LogP contribution is 2.33. The number of fused-ring (bicyclic) bond motifs is 1. The third kappa shape index (κ3) is 4.04. The number of phenolic OH excluding ortho intramolecular Hbond substituents is 1. The number of hydrogen-bond acceptors (Lipinski definition) is 8. The molecule has 3 heterocycles. The Balaban J connectivity index is 1.56. The van der Waals surface area contributed by atoms with Crippen molar-refractivity contribution in [3.8, 4) is 23.1 Å². The highest BCUT2D eigenvalue weighted by Gasteiger charge is 2.30. The van der Waals surface area contributed by atoms with E-state index in [1.165, 1.54) is 5.56 Å². The summed E-state index contributed by atoms with van der Waals surface area (Å²) in [5, 5.41) is 20.1. The molecule has 2 aromatic carbocycles. The molecule has 0 bridgehead atoms. The van der Waals surface area contributed by atoms with Crippen LogP contribution in [0.25, 0.3) is 11.4 Å². The van der Waals surface area contributed by atoms with E-state index < -0.39 is 0 Å². The van der Waals surface area contributed by atoms with E-state index in [0.29, 0.717) is 30.5 Å². The molecule has 0 spiro atoms. The van der Waals surface area contributed by atoms with Crippen LogP contribution in [0.3, 0.4) is 0 Å². The van der Waals surface area contributed by atoms with Crippen molar-refractivity contribution in [2.45, 2.75) is 31.6 Å². The first-order valence-corrected chi connectivity index (χ1v) is 10.5. The lowest BCUT2D eigenvalue weighted by Gasteiger charge is -2.36. The molecule has 5 rings (SSSR count). The molecule has 2 atom stereocenters. The number of aromatic nitrogens is 3. The summed E-state index contributed by atoms with van der Waals surface area (Å²) in [5.41, 5.74) is 2.94. The predicted molar refractivity (Wildman–Crippen MR) is 114 cm³/mol. The van der Waals surface area contributed by atoms with Crippen LogP contribution in [0.5, 0.6) is 11.8 Å². The average molecular weight is 420 g/mol. The van der Waals surface area contributed by atoms with Crippen LogP contribution < -0.4 is 9.64 Å². The van der Waals surface area contributed by atoms with Gasteiger partial charge in [0.05, 0.1) is 19.3 Å². The molecule has 0 unspecified atom stereocenters. The molecular formula is C23H24N4O4. The molecule has 0 aliphatic carbocycles. The minimum Gasteiger partial charge on any atom is -0.508 e. The number of aliphatic hydroxyl groups excluding tert-OH is 1. The van der Waals surface area contributed by atoms with E-state index in [1.54, 1.807) is 18.2 Å². The van der Waals surface area contributed by atoms with Crippen molar-refractivity contribution in [1.29, 1.82) is 0 Å². The van der Waals surface area contributed by atoms with Crippen LogP contribution in [0.1, 0.15) is 30.0 Å². The van der Waals surface area contributed by atoms with E-state index in [1.807, 2.05) is 29.2 Å². The first kappa shape index (κ1) is 19.7. The summed E-state index contributed by atoms with van der Waals surface area (Å²) in [6.45, 7) is 1.24. The Morgan fingerprint density at radius 2 is 2.00 bits per heavy atom. The van der Waals surface area contributed by atoms with Gasteiger partial charge >= 0.3 is 6.01 Å². The van der Waals surface area contributed by atoms with Gasteiger partial charge in [0.15, 0.2) is 5.82 Å². The van der Waals surface area contributed by atoms with Crippen LogP contribution in [0, 0.1) is 0 Å². The Kier molecular flexibility index (Phi) is 5.40. The molecule has 3 aromatic rings. The second kappa shape index (κ2) is 8.49. The number of nitrogens with zero attached hydrogens (tertiary/aromatic N) is 4. The van der Waals surface area contributed by atoms with Gasteiger partial charge in [-0.15, -0.1) is 0 Å². The van der Waals surface area contributed by atoms with Crippen molar-refractivity contribution >= 4 is 5.95 Å². The standard InChI is InChI=1S/C23H24N4O4/c28-14-19-18-8-2-1-5-15(18)10-11-27(19)22-24-21(16-6-3-7-17(29)13-16)25-23(26-22)31-20-9-4-12-30-20/h1-3,5-8,13,19-20,28-29H,4,9-12,14H2/t19-,20+/m0/s1. The summed E-state index contributed by atoms with van der Waals surface area (Å²) in [5.74, 6) is 0.945. The minimum absolute atomic E-state index is 0.0634. The third-order valence-corrected chi connectivity index (χ3v) is 5.67. The largest absolute Gasteiger partial charge is 0.508 e. The first-order chi connectivity index (χ1) is 15.2. The van der Waals surface area contributed by atoms with Crippen molar-refractivity contribution in [2.75, 3.05) is 24.7 Å². The minimum atomic E-state index is -0.386. The first-order valence-electron chi connectivity index (χ1n) is 10.5. The molecule has 1 fully saturated rings. The maximum Gasteiger partial charge on any atom is 0.324 e. The zero-order chi connectivity index (χ0) is 21.2. The van der Waals surface area contributed by atoms with Gasteiger partial charge in [0.1, 0.15) is 5.75 Å². The van der Waals surface area contributed by atoms with Crippen LogP contribution in [0.15, 0.2) is 48.5 Å². The molecule has 8 heteroatoms. The smallest absolute Gasteiger partial charge is 0.324 e. The summed E-state index contributed by atoms with van der Waals surface area (Å²) >= 11 is 0. The van der Waals surface area contributed by atoms with Gasteiger partial charge in [-0.2, -0.15) is 15.0 Å². The van der Waals surface area contributed by atoms with Gasteiger partial charge in [-0.05, 0) is 36.1 Å². The molecular weight excluding hydrogens is 396 g/mol. The fraction of sp³-hybridized carbons (Fsp3) is 0.348. The van der Waals surface area contributed by atoms with E-state index in [0.717, 1.165) is 24.8 Å². The van der Waals surface area contributed by atoms with E-state index >= 15 is 0 Å². The Hall–Kier alpha value is -3.23. The molecule has 2 aliphatic heterocycles. The zero-order valence-electron chi connectivity index (χ0n) is 17.0. The maximum absolute atomic E-state index is 10.2. The average Bonchev–Trinajstić information content (AvgIpc) is 3.31. The number of rotatable bonds is 5. The Morgan fingerprint density at radius 1 is 1.10 bits per heavy atom. The molecule has 1 aromatic heterocycles. The summed E-state index contributed by atoms with van der Waals surface area (Å²) in [4.78, 5) is 15.7. The van der Waals surface area contributed by atoms with Crippen molar-refractivity contribution in [3.05, 3.63) is 59.7 Å². The van der Waals surface area contributed by atoms with E-state index in [2.05, 4.69) is 21.0 Å². The Labute approximate surface area is 180 Å². The molecule has 160 valence electrons. The number of ether oxygens (including phenoxy) is 2. The normalized spacial score (nSPS) is 20.5. The van der Waals surface area contributed by atoms with Crippen LogP contribution >= 0.6 is 0 Å². The molecule has 0 amide bonds. The maximum atomic E-state index is 10.2. The number of benzene rings is 2. The SMILES string of the molecule is OC[C@H]1c2ccccc2CCN1c1nc(O[C@@H]2CCCO2)nc(-c2cccc(O)c2)n1. The van der Waals surface area contributed by atoms with E-state index in [9.17, 15) is 10.2 Å². The quantitative estimate of drug-likeness (QED) is 0.650. The summed E-state index contributed by atoms with van der Waals surface area (Å²) < 4.78 is 11.5. The highest BCUT2D eigenvalue weighted by atomic mass is 16.7. The monoisotopic (exact) mass is 420 g/mol. The summed E-state index contributed by atoms with van der Waals surface area (Å²) in [7, 11) is 0. The number of anilines is 1. The summed E-state index contributed by atoms with van der Waals surface area (Å²) in [6, 6.07) is 14.8. The van der Waals surface area contributed by atoms with Gasteiger partial charge in [0.25, 0.3) is 0 Å². The zero-order valence-corrected chi connectivity index (χ0v) is 17.0. The summed E-state index contributed by atoms with van der Waals surface area (Å²) in [6.07, 6.45) is 2.14. The van der Waals surface area contributed by atoms with Gasteiger partial charge in [-0.25, -0.2) is 0 Å². The lowest BCUT2D eigenvalue weighted by molar-refractivity contribution is -0.0445. The van der Waals surface area contributed by atoms with Gasteiger partial charge in [-0.3, -0.25) is 0 Å². The molecule has 1 saturated heterocycles. The van der Waals surface area contributed by atoms with Crippen molar-refractivity contribution < 1.29 is 19.7 Å². The second-order valence-electron chi connectivity index (χ2n) is 7.69. The molecule has 31 heavy (non-hydrogen) atoms. The van der Waals surface area contributed by atoms with Crippen LogP contribution in [-0.2, 0) is 11.2 Å². The second-order valence-corrected chi connectivity index (χ2v) is 7.69. The molecule has 0 saturated carbocycles. The van der Waals surface area contributed by atoms with Gasteiger partial charge in [0, 0.05) is 18.5 Å².